The van der Waals surface area contributed by atoms with E-state index in [0.29, 0.717) is 14.9 Å². The molecule has 0 N–H and O–H groups in total. The summed E-state index contributed by atoms with van der Waals surface area (Å²) in [6, 6.07) is 13.2. The number of nitrogens with zero attached hydrogens (tertiary/aromatic N) is 1. The number of aliphatic imine (C=N–C) groups is 1. The van der Waals surface area contributed by atoms with Gasteiger partial charge in [-0.1, -0.05) is 47.5 Å². The first-order valence-corrected chi connectivity index (χ1v) is 9.05. The SMILES string of the molecule is Cc1ccc2c(Cl)c(C3=N/C(=C\c4cccc(Cl)c4)C(=O)O3)sc2c1. The zero-order valence-corrected chi connectivity index (χ0v) is 15.4. The summed E-state index contributed by atoms with van der Waals surface area (Å²) in [5.74, 6) is -0.262. The molecule has 3 nitrogen and oxygen atoms in total. The number of hydrogen-bond donors (Lipinski definition) is 0. The van der Waals surface area contributed by atoms with E-state index in [0.717, 1.165) is 21.2 Å². The third-order valence-electron chi connectivity index (χ3n) is 3.75. The van der Waals surface area contributed by atoms with E-state index >= 15 is 0 Å². The van der Waals surface area contributed by atoms with Crippen molar-refractivity contribution < 1.29 is 9.53 Å². The normalized spacial score (nSPS) is 15.7. The van der Waals surface area contributed by atoms with Crippen molar-refractivity contribution in [3.8, 4) is 0 Å². The number of thiophene rings is 1. The molecule has 25 heavy (non-hydrogen) atoms. The Balaban J connectivity index is 1.77. The quantitative estimate of drug-likeness (QED) is 0.407. The summed E-state index contributed by atoms with van der Waals surface area (Å²) in [6.07, 6.45) is 1.65. The van der Waals surface area contributed by atoms with Crippen LogP contribution in [0.5, 0.6) is 0 Å². The van der Waals surface area contributed by atoms with Gasteiger partial charge in [0.2, 0.25) is 5.90 Å². The van der Waals surface area contributed by atoms with E-state index in [4.69, 9.17) is 27.9 Å². The van der Waals surface area contributed by atoms with Crippen LogP contribution in [0, 0.1) is 6.92 Å². The summed E-state index contributed by atoms with van der Waals surface area (Å²) in [4.78, 5) is 17.1. The average Bonchev–Trinajstić information content (AvgIpc) is 3.08. The van der Waals surface area contributed by atoms with Gasteiger partial charge in [-0.2, -0.15) is 0 Å². The molecule has 0 radical (unpaired) electrons. The largest absolute Gasteiger partial charge is 0.401 e. The molecule has 2 aromatic carbocycles. The second-order valence-electron chi connectivity index (χ2n) is 5.64. The Morgan fingerprint density at radius 2 is 2.00 bits per heavy atom. The summed E-state index contributed by atoms with van der Waals surface area (Å²) in [5.41, 5.74) is 2.15. The molecule has 0 bridgehead atoms. The Morgan fingerprint density at radius 3 is 2.80 bits per heavy atom. The van der Waals surface area contributed by atoms with E-state index < -0.39 is 5.97 Å². The van der Waals surface area contributed by atoms with Gasteiger partial charge in [-0.05, 0) is 42.3 Å². The van der Waals surface area contributed by atoms with Crippen LogP contribution in [0.4, 0.5) is 0 Å². The maximum absolute atomic E-state index is 12.2. The third kappa shape index (κ3) is 3.09. The molecule has 1 aliphatic heterocycles. The monoisotopic (exact) mass is 387 g/mol. The van der Waals surface area contributed by atoms with Gasteiger partial charge in [0.15, 0.2) is 5.70 Å². The number of cyclic esters (lactones) is 1. The molecule has 4 rings (SSSR count). The maximum Gasteiger partial charge on any atom is 0.363 e. The van der Waals surface area contributed by atoms with Gasteiger partial charge in [-0.25, -0.2) is 9.79 Å². The summed E-state index contributed by atoms with van der Waals surface area (Å²) >= 11 is 13.9. The van der Waals surface area contributed by atoms with Gasteiger partial charge in [0.1, 0.15) is 4.88 Å². The first-order chi connectivity index (χ1) is 12.0. The molecular formula is C19H11Cl2NO2S. The third-order valence-corrected chi connectivity index (χ3v) is 5.63. The van der Waals surface area contributed by atoms with Gasteiger partial charge in [-0.15, -0.1) is 11.3 Å². The number of benzene rings is 2. The van der Waals surface area contributed by atoms with E-state index in [-0.39, 0.29) is 11.6 Å². The van der Waals surface area contributed by atoms with Gasteiger partial charge in [0, 0.05) is 15.1 Å². The van der Waals surface area contributed by atoms with Crippen LogP contribution in [0.3, 0.4) is 0 Å². The summed E-state index contributed by atoms with van der Waals surface area (Å²) in [5, 5.41) is 2.07. The number of ether oxygens (including phenoxy) is 1. The van der Waals surface area contributed by atoms with Gasteiger partial charge >= 0.3 is 5.97 Å². The van der Waals surface area contributed by atoms with Crippen molar-refractivity contribution in [2.45, 2.75) is 6.92 Å². The van der Waals surface area contributed by atoms with Crippen LogP contribution in [0.2, 0.25) is 10.0 Å². The highest BCUT2D eigenvalue weighted by Gasteiger charge is 2.28. The van der Waals surface area contributed by atoms with E-state index in [9.17, 15) is 4.79 Å². The van der Waals surface area contributed by atoms with Crippen LogP contribution in [0.25, 0.3) is 16.2 Å². The van der Waals surface area contributed by atoms with Crippen molar-refractivity contribution in [2.24, 2.45) is 4.99 Å². The highest BCUT2D eigenvalue weighted by atomic mass is 35.5. The zero-order valence-electron chi connectivity index (χ0n) is 13.0. The molecule has 1 aliphatic rings. The maximum atomic E-state index is 12.2. The first-order valence-electron chi connectivity index (χ1n) is 7.48. The smallest absolute Gasteiger partial charge is 0.363 e. The molecule has 124 valence electrons. The minimum Gasteiger partial charge on any atom is -0.401 e. The fraction of sp³-hybridized carbons (Fsp3) is 0.0526. The number of fused-ring (bicyclic) bond motifs is 1. The van der Waals surface area contributed by atoms with Crippen molar-refractivity contribution in [1.29, 1.82) is 0 Å². The zero-order chi connectivity index (χ0) is 17.6. The van der Waals surface area contributed by atoms with E-state index in [2.05, 4.69) is 11.1 Å². The molecule has 0 amide bonds. The highest BCUT2D eigenvalue weighted by molar-refractivity contribution is 7.21. The Labute approximate surface area is 158 Å². The van der Waals surface area contributed by atoms with Crippen molar-refractivity contribution in [1.82, 2.24) is 0 Å². The van der Waals surface area contributed by atoms with Crippen molar-refractivity contribution in [3.05, 3.63) is 74.2 Å². The summed E-state index contributed by atoms with van der Waals surface area (Å²) in [7, 11) is 0. The van der Waals surface area contributed by atoms with Crippen LogP contribution in [0.15, 0.2) is 53.2 Å². The fourth-order valence-corrected chi connectivity index (χ4v) is 4.31. The lowest BCUT2D eigenvalue weighted by Gasteiger charge is -1.96. The molecule has 1 aromatic heterocycles. The Morgan fingerprint density at radius 1 is 1.16 bits per heavy atom. The number of halogens is 2. The van der Waals surface area contributed by atoms with Gasteiger partial charge in [0.05, 0.1) is 5.02 Å². The molecule has 0 unspecified atom stereocenters. The molecule has 0 saturated carbocycles. The van der Waals surface area contributed by atoms with Gasteiger partial charge < -0.3 is 4.74 Å². The van der Waals surface area contributed by atoms with E-state index in [1.807, 2.05) is 31.2 Å². The number of carbonyl (C=O) groups is 1. The van der Waals surface area contributed by atoms with E-state index in [1.54, 1.807) is 18.2 Å². The Bertz CT molecular complexity index is 1080. The molecule has 0 atom stereocenters. The van der Waals surface area contributed by atoms with Crippen molar-refractivity contribution in [2.75, 3.05) is 0 Å². The van der Waals surface area contributed by atoms with Gasteiger partial charge in [0.25, 0.3) is 0 Å². The Kier molecular flexibility index (Phi) is 4.12. The molecule has 2 heterocycles. The van der Waals surface area contributed by atoms with Crippen LogP contribution >= 0.6 is 34.5 Å². The van der Waals surface area contributed by atoms with Crippen molar-refractivity contribution >= 4 is 62.6 Å². The first kappa shape index (κ1) is 16.3. The van der Waals surface area contributed by atoms with Crippen LogP contribution in [0.1, 0.15) is 16.0 Å². The van der Waals surface area contributed by atoms with Crippen LogP contribution in [-0.2, 0) is 9.53 Å². The van der Waals surface area contributed by atoms with Crippen LogP contribution in [-0.4, -0.2) is 11.9 Å². The second kappa shape index (κ2) is 6.30. The lowest BCUT2D eigenvalue weighted by Crippen LogP contribution is -2.04. The summed E-state index contributed by atoms with van der Waals surface area (Å²) < 4.78 is 6.37. The molecule has 0 fully saturated rings. The Hall–Kier alpha value is -2.14. The minimum atomic E-state index is -0.500. The highest BCUT2D eigenvalue weighted by Crippen LogP contribution is 2.37. The number of hydrogen-bond acceptors (Lipinski definition) is 4. The molecular weight excluding hydrogens is 377 g/mol. The summed E-state index contributed by atoms with van der Waals surface area (Å²) in [6.45, 7) is 2.02. The molecule has 6 heteroatoms. The lowest BCUT2D eigenvalue weighted by molar-refractivity contribution is -0.129. The molecule has 3 aromatic rings. The van der Waals surface area contributed by atoms with Crippen LogP contribution < -0.4 is 0 Å². The minimum absolute atomic E-state index is 0.224. The number of esters is 1. The molecule has 0 saturated heterocycles. The molecule has 0 spiro atoms. The average molecular weight is 388 g/mol. The number of rotatable bonds is 2. The lowest BCUT2D eigenvalue weighted by atomic mass is 10.2. The van der Waals surface area contributed by atoms with Crippen molar-refractivity contribution in [3.63, 3.8) is 0 Å². The van der Waals surface area contributed by atoms with Gasteiger partial charge in [-0.3, -0.25) is 0 Å². The topological polar surface area (TPSA) is 38.7 Å². The fourth-order valence-electron chi connectivity index (χ4n) is 2.57. The number of aryl methyl sites for hydroxylation is 1. The predicted octanol–water partition coefficient (Wildman–Crippen LogP) is 5.86. The number of carbonyl (C=O) groups excluding carboxylic acids is 1. The molecule has 0 aliphatic carbocycles. The predicted molar refractivity (Wildman–Crippen MR) is 104 cm³/mol. The van der Waals surface area contributed by atoms with E-state index in [1.165, 1.54) is 11.3 Å². The second-order valence-corrected chi connectivity index (χ2v) is 7.50. The standard InChI is InChI=1S/C19H11Cl2NO2S/c1-10-5-6-13-15(7-10)25-17(16(13)21)18-22-14(19(23)24-18)9-11-3-2-4-12(20)8-11/h2-9H,1H3/b14-9-.